The topological polar surface area (TPSA) is 61.3 Å². The number of aromatic hydroxyl groups is 1. The van der Waals surface area contributed by atoms with Gasteiger partial charge in [-0.2, -0.15) is 0 Å². The number of nitrogens with one attached hydrogen (secondary N) is 1. The van der Waals surface area contributed by atoms with Gasteiger partial charge >= 0.3 is 0 Å². The molecule has 2 aliphatic rings. The summed E-state index contributed by atoms with van der Waals surface area (Å²) in [7, 11) is 2.09. The largest absolute Gasteiger partial charge is 0.508 e. The Balaban J connectivity index is 1.58. The molecule has 1 aromatic heterocycles. The maximum absolute atomic E-state index is 9.84. The maximum Gasteiger partial charge on any atom is 0.138 e. The van der Waals surface area contributed by atoms with Crippen LogP contribution in [0.25, 0.3) is 0 Å². The molecule has 3 aromatic rings. The highest BCUT2D eigenvalue weighted by Gasteiger charge is 2.38. The van der Waals surface area contributed by atoms with Crippen LogP contribution in [0.3, 0.4) is 0 Å². The number of hydrogen-bond donors (Lipinski definition) is 2. The molecule has 0 bridgehead atoms. The molecule has 0 saturated heterocycles. The van der Waals surface area contributed by atoms with E-state index in [1.165, 1.54) is 16.0 Å². The van der Waals surface area contributed by atoms with E-state index in [2.05, 4.69) is 39.4 Å². The van der Waals surface area contributed by atoms with E-state index in [9.17, 15) is 5.11 Å². The van der Waals surface area contributed by atoms with E-state index in [-0.39, 0.29) is 6.04 Å². The summed E-state index contributed by atoms with van der Waals surface area (Å²) in [6, 6.07) is 16.1. The Kier molecular flexibility index (Phi) is 3.93. The summed E-state index contributed by atoms with van der Waals surface area (Å²) in [6.07, 6.45) is 2.59. The standard InChI is InChI=1S/C21H20N4OS/c1-25-11-14-9-13-10-15(26)7-8-17(13)24-19(14)18-20(25)22-12-23-21(18)27-16-5-3-2-4-6-16/h2-8,10,12,14,19,24,26H,9,11H2,1H3/t14-,19-/m1/s1. The zero-order chi connectivity index (χ0) is 18.4. The van der Waals surface area contributed by atoms with Gasteiger partial charge in [-0.1, -0.05) is 30.0 Å². The van der Waals surface area contributed by atoms with Crippen LogP contribution in [0.5, 0.6) is 5.75 Å². The highest BCUT2D eigenvalue weighted by Crippen LogP contribution is 2.47. The Hall–Kier alpha value is -2.73. The SMILES string of the molecule is CN1C[C@H]2Cc3cc(O)ccc3N[C@H]2c2c(Sc3ccccc3)ncnc21. The fourth-order valence-electron chi connectivity index (χ4n) is 4.12. The Morgan fingerprint density at radius 1 is 1.15 bits per heavy atom. The number of hydrogen-bond acceptors (Lipinski definition) is 6. The third-order valence-corrected chi connectivity index (χ3v) is 6.34. The molecule has 0 radical (unpaired) electrons. The Morgan fingerprint density at radius 3 is 2.85 bits per heavy atom. The Labute approximate surface area is 162 Å². The third-order valence-electron chi connectivity index (χ3n) is 5.32. The van der Waals surface area contributed by atoms with E-state index in [1.807, 2.05) is 30.3 Å². The van der Waals surface area contributed by atoms with Gasteiger partial charge in [-0.05, 0) is 42.3 Å². The zero-order valence-electron chi connectivity index (χ0n) is 15.0. The first kappa shape index (κ1) is 16.4. The quantitative estimate of drug-likeness (QED) is 0.518. The van der Waals surface area contributed by atoms with E-state index in [1.54, 1.807) is 24.2 Å². The van der Waals surface area contributed by atoms with E-state index in [0.29, 0.717) is 11.7 Å². The van der Waals surface area contributed by atoms with Gasteiger partial charge in [0.05, 0.1) is 6.04 Å². The molecule has 0 fully saturated rings. The summed E-state index contributed by atoms with van der Waals surface area (Å²) < 4.78 is 0. The lowest BCUT2D eigenvalue weighted by molar-refractivity contribution is 0.410. The number of phenols is 1. The summed E-state index contributed by atoms with van der Waals surface area (Å²) >= 11 is 1.69. The van der Waals surface area contributed by atoms with Gasteiger partial charge in [-0.15, -0.1) is 0 Å². The Bertz CT molecular complexity index is 995. The molecule has 3 heterocycles. The molecule has 0 unspecified atom stereocenters. The van der Waals surface area contributed by atoms with Crippen molar-refractivity contribution in [1.82, 2.24) is 9.97 Å². The van der Waals surface area contributed by atoms with Gasteiger partial charge in [-0.3, -0.25) is 0 Å². The number of rotatable bonds is 2. The van der Waals surface area contributed by atoms with Gasteiger partial charge in [0.2, 0.25) is 0 Å². The second kappa shape index (κ2) is 6.46. The third kappa shape index (κ3) is 2.90. The molecule has 2 aromatic carbocycles. The number of fused-ring (bicyclic) bond motifs is 4. The number of nitrogens with zero attached hydrogens (tertiary/aromatic N) is 3. The van der Waals surface area contributed by atoms with E-state index < -0.39 is 0 Å². The average Bonchev–Trinajstić information content (AvgIpc) is 2.68. The fraction of sp³-hybridized carbons (Fsp3) is 0.238. The summed E-state index contributed by atoms with van der Waals surface area (Å²) in [5.74, 6) is 1.72. The van der Waals surface area contributed by atoms with Crippen molar-refractivity contribution < 1.29 is 5.11 Å². The molecule has 0 aliphatic carbocycles. The van der Waals surface area contributed by atoms with Crippen LogP contribution in [0.1, 0.15) is 17.2 Å². The smallest absolute Gasteiger partial charge is 0.138 e. The summed E-state index contributed by atoms with van der Waals surface area (Å²) in [6.45, 7) is 0.923. The van der Waals surface area contributed by atoms with Gasteiger partial charge in [0, 0.05) is 35.7 Å². The molecule has 27 heavy (non-hydrogen) atoms. The van der Waals surface area contributed by atoms with Crippen molar-refractivity contribution in [3.63, 3.8) is 0 Å². The minimum absolute atomic E-state index is 0.167. The van der Waals surface area contributed by atoms with Gasteiger partial charge in [0.1, 0.15) is 22.9 Å². The average molecular weight is 376 g/mol. The van der Waals surface area contributed by atoms with Crippen molar-refractivity contribution in [1.29, 1.82) is 0 Å². The molecule has 5 nitrogen and oxygen atoms in total. The van der Waals surface area contributed by atoms with Gasteiger partial charge in [0.25, 0.3) is 0 Å². The molecular weight excluding hydrogens is 356 g/mol. The van der Waals surface area contributed by atoms with Crippen molar-refractivity contribution in [3.05, 3.63) is 66.0 Å². The van der Waals surface area contributed by atoms with Crippen LogP contribution in [-0.2, 0) is 6.42 Å². The lowest BCUT2D eigenvalue weighted by Crippen LogP contribution is -2.42. The van der Waals surface area contributed by atoms with Crippen LogP contribution >= 0.6 is 11.8 Å². The minimum atomic E-state index is 0.167. The molecule has 2 aliphatic heterocycles. The predicted molar refractivity (Wildman–Crippen MR) is 108 cm³/mol. The Morgan fingerprint density at radius 2 is 2.00 bits per heavy atom. The monoisotopic (exact) mass is 376 g/mol. The highest BCUT2D eigenvalue weighted by atomic mass is 32.2. The molecular formula is C21H20N4OS. The van der Waals surface area contributed by atoms with Crippen LogP contribution in [0.4, 0.5) is 11.5 Å². The minimum Gasteiger partial charge on any atom is -0.508 e. The van der Waals surface area contributed by atoms with Crippen molar-refractivity contribution >= 4 is 23.3 Å². The van der Waals surface area contributed by atoms with Crippen LogP contribution in [0, 0.1) is 5.92 Å². The number of benzene rings is 2. The molecule has 6 heteroatoms. The van der Waals surface area contributed by atoms with Gasteiger partial charge in [0.15, 0.2) is 0 Å². The summed E-state index contributed by atoms with van der Waals surface area (Å²) in [5, 5.41) is 14.5. The van der Waals surface area contributed by atoms with E-state index >= 15 is 0 Å². The van der Waals surface area contributed by atoms with E-state index in [4.69, 9.17) is 0 Å². The number of phenolic OH excluding ortho intramolecular Hbond substituents is 1. The van der Waals surface area contributed by atoms with Crippen LogP contribution in [0.2, 0.25) is 0 Å². The molecule has 2 N–H and O–H groups in total. The zero-order valence-corrected chi connectivity index (χ0v) is 15.8. The van der Waals surface area contributed by atoms with Crippen LogP contribution in [0.15, 0.2) is 64.8 Å². The fourth-order valence-corrected chi connectivity index (χ4v) is 5.06. The number of aromatic nitrogens is 2. The van der Waals surface area contributed by atoms with Crippen molar-refractivity contribution in [2.75, 3.05) is 23.8 Å². The molecule has 136 valence electrons. The van der Waals surface area contributed by atoms with Crippen molar-refractivity contribution in [3.8, 4) is 5.75 Å². The highest BCUT2D eigenvalue weighted by molar-refractivity contribution is 7.99. The number of anilines is 2. The molecule has 0 spiro atoms. The first-order valence-electron chi connectivity index (χ1n) is 9.06. The molecule has 2 atom stereocenters. The van der Waals surface area contributed by atoms with Crippen molar-refractivity contribution in [2.24, 2.45) is 5.92 Å². The van der Waals surface area contributed by atoms with Crippen molar-refractivity contribution in [2.45, 2.75) is 22.4 Å². The summed E-state index contributed by atoms with van der Waals surface area (Å²) in [5.41, 5.74) is 3.43. The van der Waals surface area contributed by atoms with E-state index in [0.717, 1.165) is 29.5 Å². The normalized spacial score (nSPS) is 20.3. The predicted octanol–water partition coefficient (Wildman–Crippen LogP) is 4.11. The summed E-state index contributed by atoms with van der Waals surface area (Å²) in [4.78, 5) is 12.6. The molecule has 0 saturated carbocycles. The lowest BCUT2D eigenvalue weighted by Gasteiger charge is -2.43. The van der Waals surface area contributed by atoms with Gasteiger partial charge in [-0.25, -0.2) is 9.97 Å². The molecule has 0 amide bonds. The lowest BCUT2D eigenvalue weighted by atomic mass is 9.81. The maximum atomic E-state index is 9.84. The van der Waals surface area contributed by atoms with Crippen LogP contribution in [-0.4, -0.2) is 28.7 Å². The second-order valence-corrected chi connectivity index (χ2v) is 8.20. The second-order valence-electron chi connectivity index (χ2n) is 7.14. The van der Waals surface area contributed by atoms with Gasteiger partial charge < -0.3 is 15.3 Å². The molecule has 5 rings (SSSR count). The van der Waals surface area contributed by atoms with Crippen LogP contribution < -0.4 is 10.2 Å². The first-order valence-corrected chi connectivity index (χ1v) is 9.88. The first-order chi connectivity index (χ1) is 13.2.